The third kappa shape index (κ3) is 2.77. The van der Waals surface area contributed by atoms with Gasteiger partial charge < -0.3 is 9.64 Å². The molecule has 5 heteroatoms. The SMILES string of the molecule is CS(=O)(=O)c1cccc(N2CC3CCOc4ccccc4C3C2)c1. The molecule has 0 aliphatic carbocycles. The summed E-state index contributed by atoms with van der Waals surface area (Å²) in [5, 5.41) is 0. The standard InChI is InChI=1S/C19H21NO3S/c1-24(21,22)16-6-4-5-15(11-16)20-12-14-9-10-23-19-8-3-2-7-17(19)18(14)13-20/h2-8,11,14,18H,9-10,12-13H2,1H3. The highest BCUT2D eigenvalue weighted by Gasteiger charge is 2.37. The van der Waals surface area contributed by atoms with Crippen molar-refractivity contribution in [3.8, 4) is 5.75 Å². The molecule has 2 aromatic carbocycles. The van der Waals surface area contributed by atoms with E-state index in [9.17, 15) is 8.42 Å². The van der Waals surface area contributed by atoms with Crippen LogP contribution < -0.4 is 9.64 Å². The van der Waals surface area contributed by atoms with Gasteiger partial charge in [-0.3, -0.25) is 0 Å². The summed E-state index contributed by atoms with van der Waals surface area (Å²) in [6, 6.07) is 15.6. The molecule has 2 unspecified atom stereocenters. The van der Waals surface area contributed by atoms with Gasteiger partial charge in [-0.1, -0.05) is 24.3 Å². The minimum absolute atomic E-state index is 0.385. The second kappa shape index (κ2) is 5.81. The number of benzene rings is 2. The molecule has 2 aromatic rings. The monoisotopic (exact) mass is 343 g/mol. The van der Waals surface area contributed by atoms with Gasteiger partial charge >= 0.3 is 0 Å². The van der Waals surface area contributed by atoms with E-state index in [0.29, 0.717) is 16.7 Å². The average molecular weight is 343 g/mol. The van der Waals surface area contributed by atoms with Crippen molar-refractivity contribution in [2.45, 2.75) is 17.2 Å². The number of nitrogens with zero attached hydrogens (tertiary/aromatic N) is 1. The summed E-state index contributed by atoms with van der Waals surface area (Å²) in [6.45, 7) is 2.59. The third-order valence-corrected chi connectivity index (χ3v) is 6.23. The molecule has 24 heavy (non-hydrogen) atoms. The van der Waals surface area contributed by atoms with Crippen LogP contribution in [0.4, 0.5) is 5.69 Å². The van der Waals surface area contributed by atoms with Gasteiger partial charge in [0, 0.05) is 31.0 Å². The molecule has 0 N–H and O–H groups in total. The molecule has 2 aliphatic rings. The van der Waals surface area contributed by atoms with Gasteiger partial charge in [0.15, 0.2) is 9.84 Å². The zero-order valence-electron chi connectivity index (χ0n) is 13.7. The Bertz CT molecular complexity index is 862. The molecule has 4 nitrogen and oxygen atoms in total. The van der Waals surface area contributed by atoms with Gasteiger partial charge in [-0.25, -0.2) is 8.42 Å². The second-order valence-electron chi connectivity index (χ2n) is 6.72. The summed E-state index contributed by atoms with van der Waals surface area (Å²) < 4.78 is 29.5. The Hall–Kier alpha value is -2.01. The number of rotatable bonds is 2. The quantitative estimate of drug-likeness (QED) is 0.841. The Kier molecular flexibility index (Phi) is 3.76. The first-order valence-electron chi connectivity index (χ1n) is 8.29. The number of hydrogen-bond acceptors (Lipinski definition) is 4. The number of ether oxygens (including phenoxy) is 1. The molecule has 126 valence electrons. The highest BCUT2D eigenvalue weighted by Crippen LogP contribution is 2.42. The lowest BCUT2D eigenvalue weighted by Crippen LogP contribution is -2.20. The summed E-state index contributed by atoms with van der Waals surface area (Å²) in [6.07, 6.45) is 2.29. The van der Waals surface area contributed by atoms with Crippen molar-refractivity contribution in [3.63, 3.8) is 0 Å². The fourth-order valence-electron chi connectivity index (χ4n) is 3.88. The molecular weight excluding hydrogens is 322 g/mol. The van der Waals surface area contributed by atoms with Crippen molar-refractivity contribution in [1.29, 1.82) is 0 Å². The topological polar surface area (TPSA) is 46.6 Å². The third-order valence-electron chi connectivity index (χ3n) is 5.12. The van der Waals surface area contributed by atoms with Crippen molar-refractivity contribution < 1.29 is 13.2 Å². The Morgan fingerprint density at radius 3 is 2.75 bits per heavy atom. The molecule has 2 atom stereocenters. The van der Waals surface area contributed by atoms with Gasteiger partial charge in [0.25, 0.3) is 0 Å². The molecule has 1 saturated heterocycles. The molecule has 0 bridgehead atoms. The van der Waals surface area contributed by atoms with Crippen molar-refractivity contribution in [3.05, 3.63) is 54.1 Å². The zero-order chi connectivity index (χ0) is 16.7. The maximum atomic E-state index is 11.8. The number of fused-ring (bicyclic) bond motifs is 3. The Morgan fingerprint density at radius 1 is 1.08 bits per heavy atom. The van der Waals surface area contributed by atoms with Gasteiger partial charge in [0.2, 0.25) is 0 Å². The van der Waals surface area contributed by atoms with E-state index in [0.717, 1.165) is 37.6 Å². The Morgan fingerprint density at radius 2 is 1.92 bits per heavy atom. The molecule has 1 fully saturated rings. The minimum Gasteiger partial charge on any atom is -0.493 e. The lowest BCUT2D eigenvalue weighted by molar-refractivity contribution is 0.297. The molecular formula is C19H21NO3S. The fraction of sp³-hybridized carbons (Fsp3) is 0.368. The summed E-state index contributed by atoms with van der Waals surface area (Å²) in [7, 11) is -3.18. The van der Waals surface area contributed by atoms with Gasteiger partial charge in [-0.2, -0.15) is 0 Å². The van der Waals surface area contributed by atoms with Gasteiger partial charge in [0.1, 0.15) is 5.75 Å². The molecule has 4 rings (SSSR count). The van der Waals surface area contributed by atoms with Gasteiger partial charge in [-0.15, -0.1) is 0 Å². The molecule has 0 saturated carbocycles. The first-order chi connectivity index (χ1) is 11.5. The normalized spacial score (nSPS) is 23.1. The first kappa shape index (κ1) is 15.5. The first-order valence-corrected chi connectivity index (χ1v) is 10.2. The van der Waals surface area contributed by atoms with E-state index in [2.05, 4.69) is 17.0 Å². The van der Waals surface area contributed by atoms with Crippen molar-refractivity contribution >= 4 is 15.5 Å². The number of hydrogen-bond donors (Lipinski definition) is 0. The van der Waals surface area contributed by atoms with Crippen LogP contribution in [0, 0.1) is 5.92 Å². The van der Waals surface area contributed by atoms with Crippen LogP contribution in [0.15, 0.2) is 53.4 Å². The van der Waals surface area contributed by atoms with Crippen molar-refractivity contribution in [1.82, 2.24) is 0 Å². The molecule has 2 heterocycles. The van der Waals surface area contributed by atoms with E-state index >= 15 is 0 Å². The van der Waals surface area contributed by atoms with Crippen LogP contribution in [0.1, 0.15) is 17.9 Å². The summed E-state index contributed by atoms with van der Waals surface area (Å²) >= 11 is 0. The molecule has 0 radical (unpaired) electrons. The lowest BCUT2D eigenvalue weighted by Gasteiger charge is -2.20. The van der Waals surface area contributed by atoms with Crippen molar-refractivity contribution in [2.75, 3.05) is 30.9 Å². The largest absolute Gasteiger partial charge is 0.493 e. The summed E-state index contributed by atoms with van der Waals surface area (Å²) in [4.78, 5) is 2.70. The number of sulfone groups is 1. The molecule has 0 amide bonds. The highest BCUT2D eigenvalue weighted by atomic mass is 32.2. The van der Waals surface area contributed by atoms with Gasteiger partial charge in [0.05, 0.1) is 11.5 Å². The summed E-state index contributed by atoms with van der Waals surface area (Å²) in [5.41, 5.74) is 2.27. The predicted octanol–water partition coefficient (Wildman–Crippen LogP) is 3.09. The molecule has 0 spiro atoms. The molecule has 2 aliphatic heterocycles. The number of para-hydroxylation sites is 1. The maximum Gasteiger partial charge on any atom is 0.175 e. The van der Waals surface area contributed by atoms with E-state index in [4.69, 9.17) is 4.74 Å². The van der Waals surface area contributed by atoms with E-state index < -0.39 is 9.84 Å². The average Bonchev–Trinajstić information content (AvgIpc) is 2.91. The van der Waals surface area contributed by atoms with Crippen LogP contribution >= 0.6 is 0 Å². The van der Waals surface area contributed by atoms with Crippen molar-refractivity contribution in [2.24, 2.45) is 5.92 Å². The lowest BCUT2D eigenvalue weighted by atomic mass is 9.87. The van der Waals surface area contributed by atoms with Crippen LogP contribution in [0.3, 0.4) is 0 Å². The van der Waals surface area contributed by atoms with E-state index in [1.807, 2.05) is 24.3 Å². The van der Waals surface area contributed by atoms with E-state index in [-0.39, 0.29) is 0 Å². The predicted molar refractivity (Wildman–Crippen MR) is 94.5 cm³/mol. The Labute approximate surface area is 143 Å². The zero-order valence-corrected chi connectivity index (χ0v) is 14.5. The van der Waals surface area contributed by atoms with Crippen LogP contribution in [-0.2, 0) is 9.84 Å². The Balaban J connectivity index is 1.66. The number of anilines is 1. The fourth-order valence-corrected chi connectivity index (χ4v) is 4.54. The van der Waals surface area contributed by atoms with Crippen LogP contribution in [-0.4, -0.2) is 34.4 Å². The van der Waals surface area contributed by atoms with E-state index in [1.54, 1.807) is 12.1 Å². The van der Waals surface area contributed by atoms with Gasteiger partial charge in [-0.05, 0) is 42.2 Å². The minimum atomic E-state index is -3.18. The summed E-state index contributed by atoms with van der Waals surface area (Å²) in [5.74, 6) is 1.97. The molecule has 0 aromatic heterocycles. The second-order valence-corrected chi connectivity index (χ2v) is 8.73. The van der Waals surface area contributed by atoms with Crippen LogP contribution in [0.5, 0.6) is 5.75 Å². The smallest absolute Gasteiger partial charge is 0.175 e. The van der Waals surface area contributed by atoms with Crippen LogP contribution in [0.2, 0.25) is 0 Å². The van der Waals surface area contributed by atoms with E-state index in [1.165, 1.54) is 11.8 Å². The van der Waals surface area contributed by atoms with Crippen LogP contribution in [0.25, 0.3) is 0 Å². The maximum absolute atomic E-state index is 11.8. The highest BCUT2D eigenvalue weighted by molar-refractivity contribution is 7.90.